The molecule has 2 aromatic carbocycles. The second kappa shape index (κ2) is 7.80. The van der Waals surface area contributed by atoms with E-state index in [0.717, 1.165) is 26.1 Å². The third-order valence-corrected chi connectivity index (χ3v) is 4.20. The first-order valence-corrected chi connectivity index (χ1v) is 8.26. The van der Waals surface area contributed by atoms with E-state index in [1.165, 1.54) is 22.5 Å². The van der Waals surface area contributed by atoms with E-state index >= 15 is 0 Å². The van der Waals surface area contributed by atoms with Crippen LogP contribution < -0.4 is 5.32 Å². The molecule has 0 aliphatic heterocycles. The minimum Gasteiger partial charge on any atom is -0.344 e. The van der Waals surface area contributed by atoms with Crippen LogP contribution in [-0.4, -0.2) is 11.1 Å². The average Bonchev–Trinajstić information content (AvgIpc) is 2.94. The first-order chi connectivity index (χ1) is 11.3. The van der Waals surface area contributed by atoms with Gasteiger partial charge >= 0.3 is 0 Å². The van der Waals surface area contributed by atoms with E-state index in [9.17, 15) is 0 Å². The molecule has 0 bridgehead atoms. The Morgan fingerprint density at radius 3 is 2.13 bits per heavy atom. The molecule has 23 heavy (non-hydrogen) atoms. The van der Waals surface area contributed by atoms with Gasteiger partial charge in [0.2, 0.25) is 0 Å². The Bertz CT molecular complexity index is 714. The first-order valence-electron chi connectivity index (χ1n) is 8.26. The number of nitrogens with one attached hydrogen (secondary N) is 1. The van der Waals surface area contributed by atoms with E-state index in [4.69, 9.17) is 0 Å². The lowest BCUT2D eigenvalue weighted by atomic mass is 10.2. The summed E-state index contributed by atoms with van der Waals surface area (Å²) < 4.78 is 2.42. The molecule has 2 nitrogen and oxygen atoms in total. The molecule has 118 valence electrons. The highest BCUT2D eigenvalue weighted by Gasteiger charge is 2.05. The third kappa shape index (κ3) is 4.33. The summed E-state index contributed by atoms with van der Waals surface area (Å²) in [5, 5.41) is 3.54. The van der Waals surface area contributed by atoms with Crippen molar-refractivity contribution >= 4 is 0 Å². The molecule has 0 unspecified atom stereocenters. The Hall–Kier alpha value is -2.32. The Morgan fingerprint density at radius 2 is 1.43 bits per heavy atom. The lowest BCUT2D eigenvalue weighted by molar-refractivity contribution is 0.647. The number of rotatable bonds is 7. The highest BCUT2D eigenvalue weighted by atomic mass is 15.0. The molecule has 1 N–H and O–H groups in total. The normalized spacial score (nSPS) is 10.8. The number of hydrogen-bond acceptors (Lipinski definition) is 1. The van der Waals surface area contributed by atoms with Gasteiger partial charge in [-0.1, -0.05) is 60.7 Å². The number of benzene rings is 2. The van der Waals surface area contributed by atoms with E-state index in [2.05, 4.69) is 89.6 Å². The molecule has 3 rings (SSSR count). The van der Waals surface area contributed by atoms with Crippen LogP contribution in [0.3, 0.4) is 0 Å². The summed E-state index contributed by atoms with van der Waals surface area (Å²) in [7, 11) is 0. The van der Waals surface area contributed by atoms with Gasteiger partial charge in [-0.25, -0.2) is 0 Å². The minimum absolute atomic E-state index is 0.930. The maximum atomic E-state index is 3.54. The SMILES string of the molecule is Cc1ccc(CCNCc2ccccc2)n1Cc1ccccc1. The van der Waals surface area contributed by atoms with Crippen LogP contribution in [0.25, 0.3) is 0 Å². The molecule has 0 radical (unpaired) electrons. The Kier molecular flexibility index (Phi) is 5.28. The summed E-state index contributed by atoms with van der Waals surface area (Å²) in [6.45, 7) is 5.06. The van der Waals surface area contributed by atoms with Gasteiger partial charge in [-0.05, 0) is 30.2 Å². The lowest BCUT2D eigenvalue weighted by Crippen LogP contribution is -2.18. The Balaban J connectivity index is 1.56. The molecular weight excluding hydrogens is 280 g/mol. The molecule has 0 aliphatic carbocycles. The van der Waals surface area contributed by atoms with Crippen LogP contribution in [0.4, 0.5) is 0 Å². The van der Waals surface area contributed by atoms with E-state index in [0.29, 0.717) is 0 Å². The van der Waals surface area contributed by atoms with Crippen molar-refractivity contribution in [2.45, 2.75) is 26.4 Å². The number of hydrogen-bond donors (Lipinski definition) is 1. The number of aromatic nitrogens is 1. The van der Waals surface area contributed by atoms with Crippen molar-refractivity contribution in [3.05, 3.63) is 95.3 Å². The molecule has 0 fully saturated rings. The van der Waals surface area contributed by atoms with Gasteiger partial charge in [0, 0.05) is 37.4 Å². The van der Waals surface area contributed by atoms with Gasteiger partial charge in [-0.15, -0.1) is 0 Å². The van der Waals surface area contributed by atoms with E-state index in [-0.39, 0.29) is 0 Å². The summed E-state index contributed by atoms with van der Waals surface area (Å²) in [5.41, 5.74) is 5.41. The Morgan fingerprint density at radius 1 is 0.783 bits per heavy atom. The topological polar surface area (TPSA) is 17.0 Å². The molecule has 0 saturated carbocycles. The summed E-state index contributed by atoms with van der Waals surface area (Å²) in [5.74, 6) is 0. The van der Waals surface area contributed by atoms with Crippen LogP contribution in [0.2, 0.25) is 0 Å². The molecular formula is C21H24N2. The zero-order valence-corrected chi connectivity index (χ0v) is 13.7. The van der Waals surface area contributed by atoms with Crippen LogP contribution >= 0.6 is 0 Å². The highest BCUT2D eigenvalue weighted by Crippen LogP contribution is 2.12. The van der Waals surface area contributed by atoms with Gasteiger partial charge in [0.25, 0.3) is 0 Å². The fraction of sp³-hybridized carbons (Fsp3) is 0.238. The Labute approximate surface area is 138 Å². The summed E-state index contributed by atoms with van der Waals surface area (Å²) in [6, 6.07) is 25.7. The number of nitrogens with zero attached hydrogens (tertiary/aromatic N) is 1. The predicted molar refractivity (Wildman–Crippen MR) is 96.6 cm³/mol. The van der Waals surface area contributed by atoms with Gasteiger partial charge < -0.3 is 9.88 Å². The molecule has 1 aromatic heterocycles. The van der Waals surface area contributed by atoms with Crippen molar-refractivity contribution in [3.63, 3.8) is 0 Å². The fourth-order valence-electron chi connectivity index (χ4n) is 2.88. The van der Waals surface area contributed by atoms with Crippen molar-refractivity contribution in [3.8, 4) is 0 Å². The largest absolute Gasteiger partial charge is 0.344 e. The van der Waals surface area contributed by atoms with Crippen LogP contribution in [0, 0.1) is 6.92 Å². The van der Waals surface area contributed by atoms with Gasteiger partial charge in [-0.3, -0.25) is 0 Å². The zero-order chi connectivity index (χ0) is 15.9. The smallest absolute Gasteiger partial charge is 0.0475 e. The third-order valence-electron chi connectivity index (χ3n) is 4.20. The van der Waals surface area contributed by atoms with Crippen molar-refractivity contribution in [2.75, 3.05) is 6.54 Å². The predicted octanol–water partition coefficient (Wildman–Crippen LogP) is 4.18. The molecule has 0 atom stereocenters. The van der Waals surface area contributed by atoms with Crippen LogP contribution in [0.5, 0.6) is 0 Å². The van der Waals surface area contributed by atoms with Gasteiger partial charge in [0.05, 0.1) is 0 Å². The molecule has 0 saturated heterocycles. The fourth-order valence-corrected chi connectivity index (χ4v) is 2.88. The number of aryl methyl sites for hydroxylation is 1. The van der Waals surface area contributed by atoms with Gasteiger partial charge in [0.1, 0.15) is 0 Å². The molecule has 0 spiro atoms. The quantitative estimate of drug-likeness (QED) is 0.648. The highest BCUT2D eigenvalue weighted by molar-refractivity contribution is 5.21. The molecule has 0 amide bonds. The molecule has 3 aromatic rings. The molecule has 1 heterocycles. The van der Waals surface area contributed by atoms with E-state index < -0.39 is 0 Å². The minimum atomic E-state index is 0.930. The van der Waals surface area contributed by atoms with Gasteiger partial charge in [0.15, 0.2) is 0 Å². The second-order valence-corrected chi connectivity index (χ2v) is 5.95. The van der Waals surface area contributed by atoms with Crippen LogP contribution in [-0.2, 0) is 19.5 Å². The average molecular weight is 304 g/mol. The van der Waals surface area contributed by atoms with Crippen LogP contribution in [0.1, 0.15) is 22.5 Å². The summed E-state index contributed by atoms with van der Waals surface area (Å²) >= 11 is 0. The van der Waals surface area contributed by atoms with Crippen LogP contribution in [0.15, 0.2) is 72.8 Å². The molecule has 0 aliphatic rings. The standard InChI is InChI=1S/C21H24N2/c1-18-12-13-21(23(18)17-20-10-6-3-7-11-20)14-15-22-16-19-8-4-2-5-9-19/h2-13,22H,14-17H2,1H3. The van der Waals surface area contributed by atoms with E-state index in [1.54, 1.807) is 0 Å². The van der Waals surface area contributed by atoms with Gasteiger partial charge in [-0.2, -0.15) is 0 Å². The van der Waals surface area contributed by atoms with E-state index in [1.807, 2.05) is 0 Å². The van der Waals surface area contributed by atoms with Crippen molar-refractivity contribution in [1.82, 2.24) is 9.88 Å². The van der Waals surface area contributed by atoms with Crippen molar-refractivity contribution in [1.29, 1.82) is 0 Å². The zero-order valence-electron chi connectivity index (χ0n) is 13.7. The maximum Gasteiger partial charge on any atom is 0.0475 e. The maximum absolute atomic E-state index is 3.54. The van der Waals surface area contributed by atoms with Crippen molar-refractivity contribution in [2.24, 2.45) is 0 Å². The van der Waals surface area contributed by atoms with Crippen molar-refractivity contribution < 1.29 is 0 Å². The summed E-state index contributed by atoms with van der Waals surface area (Å²) in [4.78, 5) is 0. The monoisotopic (exact) mass is 304 g/mol. The first kappa shape index (κ1) is 15.6. The molecule has 2 heteroatoms. The summed E-state index contributed by atoms with van der Waals surface area (Å²) in [6.07, 6.45) is 1.05. The lowest BCUT2D eigenvalue weighted by Gasteiger charge is -2.12. The second-order valence-electron chi connectivity index (χ2n) is 5.95.